The first kappa shape index (κ1) is 18.6. The summed E-state index contributed by atoms with van der Waals surface area (Å²) in [7, 11) is 3.37. The average Bonchev–Trinajstić information content (AvgIpc) is 3.17. The van der Waals surface area contributed by atoms with Crippen molar-refractivity contribution < 1.29 is 9.47 Å². The molecule has 0 saturated heterocycles. The number of nitrogens with one attached hydrogen (secondary N) is 1. The minimum absolute atomic E-state index is 0.794. The maximum Gasteiger partial charge on any atom is 0.161 e. The van der Waals surface area contributed by atoms with Gasteiger partial charge in [-0.25, -0.2) is 0 Å². The van der Waals surface area contributed by atoms with E-state index in [-0.39, 0.29) is 0 Å². The number of hydrogen-bond acceptors (Lipinski definition) is 4. The number of aromatic amines is 1. The first-order valence-corrected chi connectivity index (χ1v) is 9.65. The topological polar surface area (TPSA) is 50.4 Å². The highest BCUT2D eigenvalue weighted by atomic mass is 16.5. The van der Waals surface area contributed by atoms with E-state index in [1.807, 2.05) is 6.20 Å². The van der Waals surface area contributed by atoms with Crippen LogP contribution in [-0.2, 0) is 19.5 Å². The van der Waals surface area contributed by atoms with Crippen molar-refractivity contribution in [1.82, 2.24) is 15.1 Å². The maximum absolute atomic E-state index is 5.48. The number of rotatable bonds is 5. The van der Waals surface area contributed by atoms with Gasteiger partial charge < -0.3 is 9.47 Å². The molecular weight excluding hydrogens is 350 g/mol. The van der Waals surface area contributed by atoms with Crippen molar-refractivity contribution in [3.63, 3.8) is 0 Å². The van der Waals surface area contributed by atoms with Crippen LogP contribution in [0.3, 0.4) is 0 Å². The second-order valence-corrected chi connectivity index (χ2v) is 7.51. The molecule has 4 rings (SSSR count). The molecule has 0 amide bonds. The van der Waals surface area contributed by atoms with Crippen LogP contribution in [0.25, 0.3) is 11.3 Å². The Bertz CT molecular complexity index is 994. The molecule has 0 unspecified atom stereocenters. The van der Waals surface area contributed by atoms with E-state index in [0.29, 0.717) is 0 Å². The van der Waals surface area contributed by atoms with Crippen molar-refractivity contribution in [2.24, 2.45) is 0 Å². The van der Waals surface area contributed by atoms with Gasteiger partial charge in [0.15, 0.2) is 11.5 Å². The van der Waals surface area contributed by atoms with E-state index >= 15 is 0 Å². The van der Waals surface area contributed by atoms with Crippen LogP contribution in [0.4, 0.5) is 0 Å². The number of aromatic nitrogens is 2. The molecule has 2 heterocycles. The van der Waals surface area contributed by atoms with Crippen LogP contribution in [0.15, 0.2) is 36.5 Å². The van der Waals surface area contributed by atoms with Gasteiger partial charge in [-0.05, 0) is 60.7 Å². The lowest BCUT2D eigenvalue weighted by atomic mass is 9.97. The summed E-state index contributed by atoms with van der Waals surface area (Å²) < 4.78 is 10.9. The Balaban J connectivity index is 1.56. The minimum atomic E-state index is 0.794. The number of H-pyrrole nitrogens is 1. The molecule has 5 nitrogen and oxygen atoms in total. The summed E-state index contributed by atoms with van der Waals surface area (Å²) in [6.45, 7) is 7.07. The molecule has 1 aliphatic heterocycles. The predicted molar refractivity (Wildman–Crippen MR) is 111 cm³/mol. The van der Waals surface area contributed by atoms with Crippen LogP contribution in [0, 0.1) is 13.8 Å². The summed E-state index contributed by atoms with van der Waals surface area (Å²) in [5, 5.41) is 7.52. The van der Waals surface area contributed by atoms with E-state index in [1.165, 1.54) is 33.4 Å². The first-order valence-electron chi connectivity index (χ1n) is 9.65. The third-order valence-corrected chi connectivity index (χ3v) is 5.70. The number of ether oxygens (including phenoxy) is 2. The molecule has 146 valence electrons. The van der Waals surface area contributed by atoms with Gasteiger partial charge in [0.1, 0.15) is 0 Å². The van der Waals surface area contributed by atoms with E-state index < -0.39 is 0 Å². The van der Waals surface area contributed by atoms with Gasteiger partial charge in [0.25, 0.3) is 0 Å². The lowest BCUT2D eigenvalue weighted by Crippen LogP contribution is -2.30. The molecule has 0 aliphatic carbocycles. The Morgan fingerprint density at radius 1 is 1.00 bits per heavy atom. The highest BCUT2D eigenvalue weighted by Gasteiger charge is 2.21. The Kier molecular flexibility index (Phi) is 5.09. The predicted octanol–water partition coefficient (Wildman–Crippen LogP) is 4.27. The van der Waals surface area contributed by atoms with E-state index in [4.69, 9.17) is 9.47 Å². The second-order valence-electron chi connectivity index (χ2n) is 7.51. The van der Waals surface area contributed by atoms with E-state index in [9.17, 15) is 0 Å². The van der Waals surface area contributed by atoms with Crippen molar-refractivity contribution in [2.75, 3.05) is 20.8 Å². The summed E-state index contributed by atoms with van der Waals surface area (Å²) in [4.78, 5) is 2.46. The molecule has 0 spiro atoms. The van der Waals surface area contributed by atoms with Gasteiger partial charge in [0.05, 0.1) is 26.1 Å². The standard InChI is InChI=1S/C23H27N3O2/c1-15-5-6-18(9-16(15)2)23-20(12-24-25-23)14-26-8-7-17-10-21(27-3)22(28-4)11-19(17)13-26/h5-6,9-12H,7-8,13-14H2,1-4H3,(H,24,25). The van der Waals surface area contributed by atoms with E-state index in [2.05, 4.69) is 59.3 Å². The third-order valence-electron chi connectivity index (χ3n) is 5.70. The van der Waals surface area contributed by atoms with Gasteiger partial charge in [-0.3, -0.25) is 10.00 Å². The molecular formula is C23H27N3O2. The third kappa shape index (κ3) is 3.50. The second kappa shape index (κ2) is 7.68. The van der Waals surface area contributed by atoms with E-state index in [1.54, 1.807) is 14.2 Å². The lowest BCUT2D eigenvalue weighted by Gasteiger charge is -2.29. The maximum atomic E-state index is 5.48. The van der Waals surface area contributed by atoms with Gasteiger partial charge in [-0.15, -0.1) is 0 Å². The summed E-state index contributed by atoms with van der Waals surface area (Å²) in [5.41, 5.74) is 8.79. The summed E-state index contributed by atoms with van der Waals surface area (Å²) in [5.74, 6) is 1.60. The molecule has 1 N–H and O–H groups in total. The van der Waals surface area contributed by atoms with Crippen LogP contribution in [0.1, 0.15) is 27.8 Å². The number of hydrogen-bond donors (Lipinski definition) is 1. The molecule has 1 aliphatic rings. The number of fused-ring (bicyclic) bond motifs is 1. The van der Waals surface area contributed by atoms with Gasteiger partial charge in [0.2, 0.25) is 0 Å². The molecule has 2 aromatic carbocycles. The molecule has 3 aromatic rings. The number of aryl methyl sites for hydroxylation is 2. The molecule has 28 heavy (non-hydrogen) atoms. The number of methoxy groups -OCH3 is 2. The Morgan fingerprint density at radius 2 is 1.75 bits per heavy atom. The molecule has 5 heteroatoms. The smallest absolute Gasteiger partial charge is 0.161 e. The van der Waals surface area contributed by atoms with Gasteiger partial charge in [-0.2, -0.15) is 5.10 Å². The number of nitrogens with zero attached hydrogens (tertiary/aromatic N) is 2. The Hall–Kier alpha value is -2.79. The zero-order valence-electron chi connectivity index (χ0n) is 17.0. The Labute approximate surface area is 166 Å². The van der Waals surface area contributed by atoms with Crippen LogP contribution >= 0.6 is 0 Å². The van der Waals surface area contributed by atoms with Crippen LogP contribution in [-0.4, -0.2) is 35.9 Å². The SMILES string of the molecule is COc1cc2c(cc1OC)CN(Cc1cn[nH]c1-c1ccc(C)c(C)c1)CC2. The van der Waals surface area contributed by atoms with Gasteiger partial charge in [0, 0.05) is 30.8 Å². The molecule has 0 fully saturated rings. The zero-order chi connectivity index (χ0) is 19.7. The van der Waals surface area contributed by atoms with Crippen LogP contribution < -0.4 is 9.47 Å². The van der Waals surface area contributed by atoms with Gasteiger partial charge in [-0.1, -0.05) is 12.1 Å². The fourth-order valence-corrected chi connectivity index (χ4v) is 3.90. The van der Waals surface area contributed by atoms with Crippen LogP contribution in [0.5, 0.6) is 11.5 Å². The van der Waals surface area contributed by atoms with Crippen molar-refractivity contribution in [2.45, 2.75) is 33.4 Å². The molecule has 1 aromatic heterocycles. The van der Waals surface area contributed by atoms with Crippen LogP contribution in [0.2, 0.25) is 0 Å². The lowest BCUT2D eigenvalue weighted by molar-refractivity contribution is 0.244. The van der Waals surface area contributed by atoms with Crippen molar-refractivity contribution in [3.05, 3.63) is 64.3 Å². The van der Waals surface area contributed by atoms with Crippen molar-refractivity contribution in [1.29, 1.82) is 0 Å². The van der Waals surface area contributed by atoms with Crippen molar-refractivity contribution >= 4 is 0 Å². The van der Waals surface area contributed by atoms with E-state index in [0.717, 1.165) is 43.2 Å². The minimum Gasteiger partial charge on any atom is -0.493 e. The molecule has 0 atom stereocenters. The first-order chi connectivity index (χ1) is 13.6. The van der Waals surface area contributed by atoms with Crippen molar-refractivity contribution in [3.8, 4) is 22.8 Å². The average molecular weight is 377 g/mol. The molecule has 0 bridgehead atoms. The Morgan fingerprint density at radius 3 is 2.46 bits per heavy atom. The highest BCUT2D eigenvalue weighted by molar-refractivity contribution is 5.64. The number of benzene rings is 2. The molecule has 0 saturated carbocycles. The largest absolute Gasteiger partial charge is 0.493 e. The fourth-order valence-electron chi connectivity index (χ4n) is 3.90. The summed E-state index contributed by atoms with van der Waals surface area (Å²) in [6, 6.07) is 10.8. The molecule has 0 radical (unpaired) electrons. The normalized spacial score (nSPS) is 14.0. The monoisotopic (exact) mass is 377 g/mol. The summed E-state index contributed by atoms with van der Waals surface area (Å²) >= 11 is 0. The zero-order valence-corrected chi connectivity index (χ0v) is 17.0. The summed E-state index contributed by atoms with van der Waals surface area (Å²) in [6.07, 6.45) is 2.96. The highest BCUT2D eigenvalue weighted by Crippen LogP contribution is 2.34. The quantitative estimate of drug-likeness (QED) is 0.721. The fraction of sp³-hybridized carbons (Fsp3) is 0.348. The van der Waals surface area contributed by atoms with Gasteiger partial charge >= 0.3 is 0 Å².